The van der Waals surface area contributed by atoms with Crippen LogP contribution in [0.1, 0.15) is 99.8 Å². The van der Waals surface area contributed by atoms with Crippen LogP contribution in [0.5, 0.6) is 11.5 Å². The molecule has 2 fully saturated rings. The van der Waals surface area contributed by atoms with E-state index in [1.54, 1.807) is 0 Å². The van der Waals surface area contributed by atoms with Crippen molar-refractivity contribution in [3.05, 3.63) is 53.4 Å². The minimum atomic E-state index is -1.64. The second-order valence-electron chi connectivity index (χ2n) is 13.6. The number of rotatable bonds is 10. The maximum atomic E-state index is 13.2. The van der Waals surface area contributed by atoms with E-state index in [9.17, 15) is 19.2 Å². The third-order valence-electron chi connectivity index (χ3n) is 9.26. The van der Waals surface area contributed by atoms with Gasteiger partial charge >= 0.3 is 23.9 Å². The summed E-state index contributed by atoms with van der Waals surface area (Å²) < 4.78 is 21.4. The van der Waals surface area contributed by atoms with Crippen molar-refractivity contribution in [2.45, 2.75) is 79.1 Å². The standard InChI is InChI=1S/C34H36Cl6O8/c1-17-5-7-33(3,15-17)9-11-45-29(41)23-25(39)19(35)13-21(37)27(23)47-31(43)32(44)48-28-22(38)14-20(36)26(40)24(28)30(42)46-12-10-34(4)8-6-18(2)16-34/h13-14,17-18H,5-12,15-16H2,1-4H3. The summed E-state index contributed by atoms with van der Waals surface area (Å²) in [5.41, 5.74) is -0.887. The van der Waals surface area contributed by atoms with Gasteiger partial charge < -0.3 is 18.9 Å². The average molecular weight is 785 g/mol. The first kappa shape index (κ1) is 38.9. The lowest BCUT2D eigenvalue weighted by atomic mass is 9.85. The molecule has 262 valence electrons. The fourth-order valence-electron chi connectivity index (χ4n) is 6.65. The van der Waals surface area contributed by atoms with Crippen LogP contribution in [0.2, 0.25) is 30.1 Å². The zero-order valence-corrected chi connectivity index (χ0v) is 31.4. The van der Waals surface area contributed by atoms with E-state index in [0.29, 0.717) is 24.7 Å². The molecule has 2 aliphatic carbocycles. The third-order valence-corrected chi connectivity index (χ3v) is 11.4. The smallest absolute Gasteiger partial charge is 0.423 e. The van der Waals surface area contributed by atoms with Gasteiger partial charge in [0.25, 0.3) is 0 Å². The molecule has 14 heteroatoms. The van der Waals surface area contributed by atoms with Crippen LogP contribution < -0.4 is 9.47 Å². The molecule has 0 aliphatic heterocycles. The number of esters is 4. The van der Waals surface area contributed by atoms with Crippen molar-refractivity contribution in [2.75, 3.05) is 13.2 Å². The van der Waals surface area contributed by atoms with Crippen LogP contribution in [0, 0.1) is 22.7 Å². The maximum absolute atomic E-state index is 13.2. The predicted octanol–water partition coefficient (Wildman–Crippen LogP) is 10.9. The van der Waals surface area contributed by atoms with E-state index in [1.807, 2.05) is 0 Å². The second kappa shape index (κ2) is 15.9. The SMILES string of the molecule is CC1CCC(C)(CCOC(=O)c2c(Cl)c(Cl)cc(Cl)c2OC(=O)C(=O)Oc2c(Cl)cc(Cl)c(Cl)c2C(=O)OCCC2(C)CCC(C)C2)C1. The molecule has 2 saturated carbocycles. The highest BCUT2D eigenvalue weighted by Crippen LogP contribution is 2.46. The quantitative estimate of drug-likeness (QED) is 0.101. The molecule has 2 aromatic rings. The van der Waals surface area contributed by atoms with Crippen LogP contribution in [-0.4, -0.2) is 37.1 Å². The summed E-state index contributed by atoms with van der Waals surface area (Å²) in [7, 11) is 0. The molecule has 48 heavy (non-hydrogen) atoms. The van der Waals surface area contributed by atoms with Crippen molar-refractivity contribution in [1.82, 2.24) is 0 Å². The summed E-state index contributed by atoms with van der Waals surface area (Å²) >= 11 is 37.5. The first-order valence-corrected chi connectivity index (χ1v) is 17.8. The van der Waals surface area contributed by atoms with Gasteiger partial charge in [0, 0.05) is 0 Å². The van der Waals surface area contributed by atoms with E-state index in [2.05, 4.69) is 27.7 Å². The molecule has 8 nitrogen and oxygen atoms in total. The second-order valence-corrected chi connectivity index (χ2v) is 16.0. The summed E-state index contributed by atoms with van der Waals surface area (Å²) in [4.78, 5) is 52.4. The summed E-state index contributed by atoms with van der Waals surface area (Å²) in [5.74, 6) is -5.20. The van der Waals surface area contributed by atoms with Gasteiger partial charge in [-0.25, -0.2) is 19.2 Å². The van der Waals surface area contributed by atoms with Crippen molar-refractivity contribution in [2.24, 2.45) is 22.7 Å². The molecular weight excluding hydrogens is 749 g/mol. The Kier molecular flexibility index (Phi) is 12.9. The van der Waals surface area contributed by atoms with Gasteiger partial charge in [0.05, 0.1) is 43.3 Å². The Balaban J connectivity index is 1.50. The lowest BCUT2D eigenvalue weighted by molar-refractivity contribution is -0.156. The minimum absolute atomic E-state index is 0.0124. The van der Waals surface area contributed by atoms with Crippen molar-refractivity contribution in [3.8, 4) is 11.5 Å². The summed E-state index contributed by atoms with van der Waals surface area (Å²) in [5, 5.41) is -1.46. The molecule has 4 atom stereocenters. The van der Waals surface area contributed by atoms with Crippen LogP contribution >= 0.6 is 69.6 Å². The van der Waals surface area contributed by atoms with Gasteiger partial charge in [-0.2, -0.15) is 0 Å². The molecule has 4 unspecified atom stereocenters. The molecule has 0 N–H and O–H groups in total. The molecule has 2 aromatic carbocycles. The highest BCUT2D eigenvalue weighted by Gasteiger charge is 2.36. The molecule has 0 heterocycles. The Hall–Kier alpha value is -1.94. The van der Waals surface area contributed by atoms with E-state index in [0.717, 1.165) is 50.7 Å². The number of benzene rings is 2. The normalized spacial score (nSPS) is 23.5. The zero-order chi connectivity index (χ0) is 35.6. The van der Waals surface area contributed by atoms with E-state index in [-0.39, 0.29) is 54.2 Å². The minimum Gasteiger partial charge on any atom is -0.462 e. The highest BCUT2D eigenvalue weighted by atomic mass is 35.5. The number of ether oxygens (including phenoxy) is 4. The van der Waals surface area contributed by atoms with E-state index < -0.39 is 46.5 Å². The van der Waals surface area contributed by atoms with Crippen molar-refractivity contribution < 1.29 is 38.1 Å². The lowest BCUT2D eigenvalue weighted by Crippen LogP contribution is -2.27. The maximum Gasteiger partial charge on any atom is 0.423 e. The Morgan fingerprint density at radius 2 is 1.00 bits per heavy atom. The fraction of sp³-hybridized carbons (Fsp3) is 0.529. The third kappa shape index (κ3) is 9.23. The van der Waals surface area contributed by atoms with Crippen LogP contribution in [0.25, 0.3) is 0 Å². The molecule has 0 amide bonds. The summed E-state index contributed by atoms with van der Waals surface area (Å²) in [6.07, 6.45) is 7.38. The number of carbonyl (C=O) groups is 4. The van der Waals surface area contributed by atoms with Crippen LogP contribution in [-0.2, 0) is 19.1 Å². The molecule has 0 aromatic heterocycles. The first-order valence-electron chi connectivity index (χ1n) is 15.6. The molecule has 2 aliphatic rings. The van der Waals surface area contributed by atoms with Crippen LogP contribution in [0.15, 0.2) is 12.1 Å². The Bertz CT molecular complexity index is 1500. The molecule has 0 saturated heterocycles. The highest BCUT2D eigenvalue weighted by molar-refractivity contribution is 6.47. The monoisotopic (exact) mass is 782 g/mol. The van der Waals surface area contributed by atoms with Crippen molar-refractivity contribution in [1.29, 1.82) is 0 Å². The number of halogens is 6. The number of carbonyl (C=O) groups excluding carboxylic acids is 4. The first-order chi connectivity index (χ1) is 22.4. The average Bonchev–Trinajstić information content (AvgIpc) is 3.53. The summed E-state index contributed by atoms with van der Waals surface area (Å²) in [6.45, 7) is 8.74. The predicted molar refractivity (Wildman–Crippen MR) is 186 cm³/mol. The van der Waals surface area contributed by atoms with Crippen molar-refractivity contribution >= 4 is 93.5 Å². The van der Waals surface area contributed by atoms with Gasteiger partial charge in [-0.3, -0.25) is 0 Å². The molecule has 0 radical (unpaired) electrons. The van der Waals surface area contributed by atoms with Gasteiger partial charge in [-0.15, -0.1) is 0 Å². The van der Waals surface area contributed by atoms with Gasteiger partial charge in [0.15, 0.2) is 11.5 Å². The van der Waals surface area contributed by atoms with Crippen LogP contribution in [0.3, 0.4) is 0 Å². The number of hydrogen-bond donors (Lipinski definition) is 0. The molecule has 0 bridgehead atoms. The van der Waals surface area contributed by atoms with Crippen LogP contribution in [0.4, 0.5) is 0 Å². The molecular formula is C34H36Cl6O8. The van der Waals surface area contributed by atoms with Crippen molar-refractivity contribution in [3.63, 3.8) is 0 Å². The summed E-state index contributed by atoms with van der Waals surface area (Å²) in [6, 6.07) is 2.27. The number of hydrogen-bond acceptors (Lipinski definition) is 8. The van der Waals surface area contributed by atoms with E-state index in [1.165, 1.54) is 0 Å². The molecule has 4 rings (SSSR count). The Morgan fingerprint density at radius 1 is 0.646 bits per heavy atom. The van der Waals surface area contributed by atoms with E-state index >= 15 is 0 Å². The van der Waals surface area contributed by atoms with Gasteiger partial charge in [-0.1, -0.05) is 110 Å². The van der Waals surface area contributed by atoms with Gasteiger partial charge in [0.2, 0.25) is 0 Å². The Labute approximate surface area is 309 Å². The largest absolute Gasteiger partial charge is 0.462 e. The topological polar surface area (TPSA) is 105 Å². The van der Waals surface area contributed by atoms with Gasteiger partial charge in [-0.05, 0) is 73.3 Å². The zero-order valence-electron chi connectivity index (χ0n) is 26.9. The molecule has 0 spiro atoms. The fourth-order valence-corrected chi connectivity index (χ4v) is 8.09. The van der Waals surface area contributed by atoms with Gasteiger partial charge in [0.1, 0.15) is 11.1 Å². The lowest BCUT2D eigenvalue weighted by Gasteiger charge is -2.23. The van der Waals surface area contributed by atoms with E-state index in [4.69, 9.17) is 88.6 Å². The Morgan fingerprint density at radius 3 is 1.31 bits per heavy atom.